The van der Waals surface area contributed by atoms with E-state index in [-0.39, 0.29) is 18.7 Å². The number of benzene rings is 2. The minimum Gasteiger partial charge on any atom is -0.445 e. The number of hydrogen-bond donors (Lipinski definition) is 2. The first-order valence-corrected chi connectivity index (χ1v) is 8.96. The van der Waals surface area contributed by atoms with Crippen LogP contribution < -0.4 is 10.6 Å². The Morgan fingerprint density at radius 3 is 2.62 bits per heavy atom. The van der Waals surface area contributed by atoms with E-state index in [0.717, 1.165) is 28.6 Å². The highest BCUT2D eigenvalue weighted by molar-refractivity contribution is 9.10. The summed E-state index contributed by atoms with van der Waals surface area (Å²) in [6.07, 6.45) is 1.34. The van der Waals surface area contributed by atoms with E-state index in [1.54, 1.807) is 0 Å². The number of anilines is 1. The van der Waals surface area contributed by atoms with Crippen molar-refractivity contribution in [3.8, 4) is 0 Å². The molecule has 2 aromatic rings. The molecule has 2 aromatic carbocycles. The zero-order valence-electron chi connectivity index (χ0n) is 13.0. The van der Waals surface area contributed by atoms with Gasteiger partial charge in [0, 0.05) is 16.6 Å². The summed E-state index contributed by atoms with van der Waals surface area (Å²) in [7, 11) is 0. The van der Waals surface area contributed by atoms with Crippen LogP contribution in [0.15, 0.2) is 53.0 Å². The number of alkyl carbamates (subject to hydrolysis) is 1. The normalized spacial score (nSPS) is 19.2. The molecule has 0 bridgehead atoms. The Hall–Kier alpha value is -1.72. The van der Waals surface area contributed by atoms with Crippen molar-refractivity contribution < 1.29 is 9.53 Å². The second-order valence-electron chi connectivity index (χ2n) is 5.84. The van der Waals surface area contributed by atoms with Crippen LogP contribution in [-0.2, 0) is 11.3 Å². The third kappa shape index (κ3) is 4.65. The summed E-state index contributed by atoms with van der Waals surface area (Å²) in [5.41, 5.74) is 1.89. The second kappa shape index (κ2) is 7.90. The molecule has 3 rings (SSSR count). The quantitative estimate of drug-likeness (QED) is 0.733. The van der Waals surface area contributed by atoms with E-state index in [2.05, 4.69) is 26.6 Å². The molecule has 1 aliphatic carbocycles. The zero-order valence-corrected chi connectivity index (χ0v) is 15.3. The molecule has 0 aromatic heterocycles. The molecule has 0 saturated heterocycles. The summed E-state index contributed by atoms with van der Waals surface area (Å²) in [6, 6.07) is 15.8. The Bertz CT molecular complexity index is 705. The van der Waals surface area contributed by atoms with E-state index in [1.165, 1.54) is 0 Å². The van der Waals surface area contributed by atoms with Gasteiger partial charge in [-0.2, -0.15) is 0 Å². The standard InChI is InChI=1S/C18H18BrClN2O2/c19-13-6-7-17(16(20)8-13)21-14-9-15(10-14)22-18(23)24-11-12-4-2-1-3-5-12/h1-8,14-15,21H,9-11H2,(H,22,23). The van der Waals surface area contributed by atoms with Crippen LogP contribution in [0.25, 0.3) is 0 Å². The maximum atomic E-state index is 11.8. The number of rotatable bonds is 5. The maximum Gasteiger partial charge on any atom is 0.407 e. The van der Waals surface area contributed by atoms with Gasteiger partial charge in [0.2, 0.25) is 0 Å². The van der Waals surface area contributed by atoms with Crippen LogP contribution in [-0.4, -0.2) is 18.2 Å². The first-order chi connectivity index (χ1) is 11.6. The van der Waals surface area contributed by atoms with Gasteiger partial charge in [-0.05, 0) is 36.6 Å². The van der Waals surface area contributed by atoms with E-state index in [1.807, 2.05) is 48.5 Å². The van der Waals surface area contributed by atoms with Crippen molar-refractivity contribution in [2.75, 3.05) is 5.32 Å². The van der Waals surface area contributed by atoms with Gasteiger partial charge in [0.05, 0.1) is 10.7 Å². The van der Waals surface area contributed by atoms with Gasteiger partial charge in [-0.15, -0.1) is 0 Å². The van der Waals surface area contributed by atoms with E-state index >= 15 is 0 Å². The van der Waals surface area contributed by atoms with E-state index < -0.39 is 0 Å². The molecule has 1 fully saturated rings. The SMILES string of the molecule is O=C(NC1CC(Nc2ccc(Br)cc2Cl)C1)OCc1ccccc1. The van der Waals surface area contributed by atoms with E-state index in [9.17, 15) is 4.79 Å². The molecule has 4 nitrogen and oxygen atoms in total. The van der Waals surface area contributed by atoms with Crippen molar-refractivity contribution in [3.05, 3.63) is 63.6 Å². The number of nitrogens with one attached hydrogen (secondary N) is 2. The summed E-state index contributed by atoms with van der Waals surface area (Å²) >= 11 is 9.58. The molecule has 2 N–H and O–H groups in total. The van der Waals surface area contributed by atoms with Gasteiger partial charge < -0.3 is 15.4 Å². The third-order valence-corrected chi connectivity index (χ3v) is 4.77. The molecular formula is C18H18BrClN2O2. The molecule has 1 amide bonds. The summed E-state index contributed by atoms with van der Waals surface area (Å²) < 4.78 is 6.17. The van der Waals surface area contributed by atoms with Crippen molar-refractivity contribution >= 4 is 39.3 Å². The van der Waals surface area contributed by atoms with Crippen LogP contribution in [0.3, 0.4) is 0 Å². The molecule has 0 heterocycles. The van der Waals surface area contributed by atoms with Crippen molar-refractivity contribution in [1.82, 2.24) is 5.32 Å². The molecule has 1 aliphatic rings. The first kappa shape index (κ1) is 17.1. The lowest BCUT2D eigenvalue weighted by molar-refractivity contribution is 0.129. The molecule has 0 aliphatic heterocycles. The average Bonchev–Trinajstić information content (AvgIpc) is 2.54. The lowest BCUT2D eigenvalue weighted by Crippen LogP contribution is -2.49. The Kier molecular flexibility index (Phi) is 5.63. The average molecular weight is 410 g/mol. The van der Waals surface area contributed by atoms with Crippen molar-refractivity contribution in [2.24, 2.45) is 0 Å². The van der Waals surface area contributed by atoms with Gasteiger partial charge in [0.1, 0.15) is 6.61 Å². The number of hydrogen-bond acceptors (Lipinski definition) is 3. The highest BCUT2D eigenvalue weighted by atomic mass is 79.9. The van der Waals surface area contributed by atoms with Gasteiger partial charge in [-0.1, -0.05) is 57.9 Å². The second-order valence-corrected chi connectivity index (χ2v) is 7.16. The Morgan fingerprint density at radius 2 is 1.92 bits per heavy atom. The fourth-order valence-corrected chi connectivity index (χ4v) is 3.34. The van der Waals surface area contributed by atoms with E-state index in [0.29, 0.717) is 11.1 Å². The topological polar surface area (TPSA) is 50.4 Å². The number of halogens is 2. The predicted molar refractivity (Wildman–Crippen MR) is 99.3 cm³/mol. The number of carbonyl (C=O) groups is 1. The van der Waals surface area contributed by atoms with Crippen molar-refractivity contribution in [2.45, 2.75) is 31.5 Å². The maximum absolute atomic E-state index is 11.8. The molecular weight excluding hydrogens is 392 g/mol. The minimum absolute atomic E-state index is 0.139. The number of ether oxygens (including phenoxy) is 1. The molecule has 0 spiro atoms. The number of carbonyl (C=O) groups excluding carboxylic acids is 1. The van der Waals surface area contributed by atoms with Gasteiger partial charge in [0.25, 0.3) is 0 Å². The molecule has 0 radical (unpaired) electrons. The van der Waals surface area contributed by atoms with Crippen LogP contribution in [0.1, 0.15) is 18.4 Å². The van der Waals surface area contributed by atoms with Gasteiger partial charge in [0.15, 0.2) is 0 Å². The number of amides is 1. The van der Waals surface area contributed by atoms with E-state index in [4.69, 9.17) is 16.3 Å². The Morgan fingerprint density at radius 1 is 1.17 bits per heavy atom. The van der Waals surface area contributed by atoms with Crippen LogP contribution in [0.4, 0.5) is 10.5 Å². The van der Waals surface area contributed by atoms with Crippen LogP contribution >= 0.6 is 27.5 Å². The first-order valence-electron chi connectivity index (χ1n) is 7.79. The molecule has 0 atom stereocenters. The zero-order chi connectivity index (χ0) is 16.9. The summed E-state index contributed by atoms with van der Waals surface area (Å²) in [5.74, 6) is 0. The predicted octanol–water partition coefficient (Wildman–Crippen LogP) is 4.97. The van der Waals surface area contributed by atoms with Gasteiger partial charge in [-0.25, -0.2) is 4.79 Å². The fraction of sp³-hybridized carbons (Fsp3) is 0.278. The molecule has 0 unspecified atom stereocenters. The summed E-state index contributed by atoms with van der Waals surface area (Å²) in [4.78, 5) is 11.8. The lowest BCUT2D eigenvalue weighted by Gasteiger charge is -2.36. The van der Waals surface area contributed by atoms with Crippen LogP contribution in [0, 0.1) is 0 Å². The highest BCUT2D eigenvalue weighted by Gasteiger charge is 2.31. The smallest absolute Gasteiger partial charge is 0.407 e. The summed E-state index contributed by atoms with van der Waals surface area (Å²) in [6.45, 7) is 0.287. The molecule has 1 saturated carbocycles. The Labute approximate surface area is 154 Å². The van der Waals surface area contributed by atoms with Crippen molar-refractivity contribution in [1.29, 1.82) is 0 Å². The molecule has 6 heteroatoms. The third-order valence-electron chi connectivity index (χ3n) is 3.96. The fourth-order valence-electron chi connectivity index (χ4n) is 2.61. The monoisotopic (exact) mass is 408 g/mol. The minimum atomic E-state index is -0.371. The van der Waals surface area contributed by atoms with Crippen LogP contribution in [0.5, 0.6) is 0 Å². The lowest BCUT2D eigenvalue weighted by atomic mass is 9.86. The molecule has 24 heavy (non-hydrogen) atoms. The van der Waals surface area contributed by atoms with Crippen molar-refractivity contribution in [3.63, 3.8) is 0 Å². The van der Waals surface area contributed by atoms with Crippen LogP contribution in [0.2, 0.25) is 5.02 Å². The summed E-state index contributed by atoms with van der Waals surface area (Å²) in [5, 5.41) is 6.96. The Balaban J connectivity index is 1.38. The van der Waals surface area contributed by atoms with Gasteiger partial charge >= 0.3 is 6.09 Å². The van der Waals surface area contributed by atoms with Gasteiger partial charge in [-0.3, -0.25) is 0 Å². The highest BCUT2D eigenvalue weighted by Crippen LogP contribution is 2.30. The molecule has 126 valence electrons. The largest absolute Gasteiger partial charge is 0.445 e.